The number of carboxylic acid groups (broad SMARTS) is 1. The largest absolute Gasteiger partial charge is 0.481 e. The molecule has 144 valence electrons. The van der Waals surface area contributed by atoms with Crippen molar-refractivity contribution in [1.29, 1.82) is 0 Å². The van der Waals surface area contributed by atoms with Crippen molar-refractivity contribution in [3.63, 3.8) is 0 Å². The van der Waals surface area contributed by atoms with Crippen LogP contribution in [0.15, 0.2) is 12.2 Å². The van der Waals surface area contributed by atoms with Crippen LogP contribution in [0.5, 0.6) is 0 Å². The number of hydrogen-bond donors (Lipinski definition) is 2. The Morgan fingerprint density at radius 2 is 1.67 bits per heavy atom. The zero-order valence-corrected chi connectivity index (χ0v) is 16.9. The van der Waals surface area contributed by atoms with Crippen molar-refractivity contribution in [2.24, 2.45) is 5.92 Å². The summed E-state index contributed by atoms with van der Waals surface area (Å²) in [4.78, 5) is 22.3. The van der Waals surface area contributed by atoms with Crippen LogP contribution in [-0.2, 0) is 9.53 Å². The molecule has 0 bridgehead atoms. The molecule has 2 N–H and O–H groups in total. The molecule has 0 aromatic rings. The van der Waals surface area contributed by atoms with Crippen LogP contribution in [-0.4, -0.2) is 29.3 Å². The third-order valence-corrected chi connectivity index (χ3v) is 2.32. The maximum Gasteiger partial charge on any atom is 0.407 e. The third kappa shape index (κ3) is 22.8. The number of rotatable bonds is 7. The summed E-state index contributed by atoms with van der Waals surface area (Å²) in [7, 11) is 0. The summed E-state index contributed by atoms with van der Waals surface area (Å²) in [5.74, 6) is -1.32. The Kier molecular flexibility index (Phi) is 20.3. The number of carbonyl (C=O) groups excluding carboxylic acids is 1. The van der Waals surface area contributed by atoms with Crippen LogP contribution in [0.2, 0.25) is 0 Å². The Balaban J connectivity index is -0.000000786. The van der Waals surface area contributed by atoms with E-state index in [0.717, 1.165) is 12.8 Å². The maximum absolute atomic E-state index is 11.3. The van der Waals surface area contributed by atoms with Crippen molar-refractivity contribution in [2.45, 2.75) is 86.7 Å². The lowest BCUT2D eigenvalue weighted by Crippen LogP contribution is -2.32. The molecule has 0 aromatic heterocycles. The molecular weight excluding hydrogens is 306 g/mol. The van der Waals surface area contributed by atoms with Gasteiger partial charge in [-0.15, -0.1) is 0 Å². The van der Waals surface area contributed by atoms with Gasteiger partial charge in [0.1, 0.15) is 5.60 Å². The van der Waals surface area contributed by atoms with Gasteiger partial charge in [0, 0.05) is 6.54 Å². The van der Waals surface area contributed by atoms with Crippen LogP contribution in [0, 0.1) is 5.92 Å². The predicted octanol–water partition coefficient (Wildman–Crippen LogP) is 5.40. The molecule has 5 heteroatoms. The number of unbranched alkanes of at least 4 members (excludes halogenated alkanes) is 1. The molecule has 0 saturated heterocycles. The second-order valence-electron chi connectivity index (χ2n) is 6.11. The van der Waals surface area contributed by atoms with Gasteiger partial charge < -0.3 is 15.2 Å². The van der Waals surface area contributed by atoms with Gasteiger partial charge in [0.2, 0.25) is 0 Å². The number of amides is 1. The minimum absolute atomic E-state index is 0.269. The average molecular weight is 346 g/mol. The first-order valence-corrected chi connectivity index (χ1v) is 9.04. The third-order valence-electron chi connectivity index (χ3n) is 2.32. The summed E-state index contributed by atoms with van der Waals surface area (Å²) in [6.07, 6.45) is 6.48. The normalized spacial score (nSPS) is 11.5. The van der Waals surface area contributed by atoms with Crippen molar-refractivity contribution in [3.05, 3.63) is 12.2 Å². The standard InChI is InChI=1S/C14H25NO4.C3H8.C2H6/c1-5-6-8-11(12(16)17)9-7-10-15-13(18)19-14(2,3)4;1-3-2;1-2/h7,9,11H,5-6,8,10H2,1-4H3,(H,15,18)(H,16,17);3H2,1-2H3;1-2H3/b9-7+;;/t11-;;/m1../s1. The summed E-state index contributed by atoms with van der Waals surface area (Å²) in [5.41, 5.74) is -0.529. The number of nitrogens with one attached hydrogen (secondary N) is 1. The summed E-state index contributed by atoms with van der Waals surface area (Å²) in [5, 5.41) is 11.5. The molecule has 0 unspecified atom stereocenters. The van der Waals surface area contributed by atoms with Gasteiger partial charge in [0.05, 0.1) is 5.92 Å². The van der Waals surface area contributed by atoms with Gasteiger partial charge in [-0.2, -0.15) is 0 Å². The van der Waals surface area contributed by atoms with E-state index < -0.39 is 23.6 Å². The Hall–Kier alpha value is -1.52. The molecule has 0 spiro atoms. The summed E-state index contributed by atoms with van der Waals surface area (Å²) >= 11 is 0. The smallest absolute Gasteiger partial charge is 0.407 e. The number of hydrogen-bond acceptors (Lipinski definition) is 3. The molecular formula is C19H39NO4. The van der Waals surface area contributed by atoms with Gasteiger partial charge in [-0.1, -0.05) is 66.0 Å². The molecule has 0 fully saturated rings. The second-order valence-corrected chi connectivity index (χ2v) is 6.11. The highest BCUT2D eigenvalue weighted by atomic mass is 16.6. The van der Waals surface area contributed by atoms with Crippen LogP contribution in [0.4, 0.5) is 4.79 Å². The highest BCUT2D eigenvalue weighted by molar-refractivity contribution is 5.72. The van der Waals surface area contributed by atoms with Crippen LogP contribution in [0.1, 0.15) is 81.1 Å². The molecule has 0 rings (SSSR count). The molecule has 0 aliphatic carbocycles. The van der Waals surface area contributed by atoms with E-state index in [1.54, 1.807) is 32.9 Å². The van der Waals surface area contributed by atoms with Crippen molar-refractivity contribution >= 4 is 12.1 Å². The summed E-state index contributed by atoms with van der Waals surface area (Å²) in [6, 6.07) is 0. The van der Waals surface area contributed by atoms with Crippen LogP contribution >= 0.6 is 0 Å². The first-order valence-electron chi connectivity index (χ1n) is 9.04. The first-order chi connectivity index (χ1) is 11.2. The van der Waals surface area contributed by atoms with Crippen molar-refractivity contribution < 1.29 is 19.4 Å². The quantitative estimate of drug-likeness (QED) is 0.606. The molecule has 0 radical (unpaired) electrons. The molecule has 1 amide bonds. The Labute approximate surface area is 148 Å². The van der Waals surface area contributed by atoms with E-state index >= 15 is 0 Å². The van der Waals surface area contributed by atoms with Gasteiger partial charge >= 0.3 is 12.1 Å². The minimum Gasteiger partial charge on any atom is -0.481 e. The lowest BCUT2D eigenvalue weighted by atomic mass is 10.0. The number of ether oxygens (including phenoxy) is 1. The van der Waals surface area contributed by atoms with Gasteiger partial charge in [0.25, 0.3) is 0 Å². The van der Waals surface area contributed by atoms with E-state index in [1.165, 1.54) is 6.42 Å². The fraction of sp³-hybridized carbons (Fsp3) is 0.789. The van der Waals surface area contributed by atoms with Crippen LogP contribution in [0.25, 0.3) is 0 Å². The fourth-order valence-corrected chi connectivity index (χ4v) is 1.41. The minimum atomic E-state index is -0.832. The number of aliphatic carboxylic acids is 1. The van der Waals surface area contributed by atoms with E-state index in [4.69, 9.17) is 9.84 Å². The van der Waals surface area contributed by atoms with Gasteiger partial charge in [-0.25, -0.2) is 4.79 Å². The molecule has 1 atom stereocenters. The van der Waals surface area contributed by atoms with Crippen molar-refractivity contribution in [3.8, 4) is 0 Å². The lowest BCUT2D eigenvalue weighted by Gasteiger charge is -2.19. The first kappa shape index (κ1) is 27.3. The zero-order valence-electron chi connectivity index (χ0n) is 16.9. The van der Waals surface area contributed by atoms with E-state index in [1.807, 2.05) is 20.8 Å². The number of carboxylic acids is 1. The molecule has 0 heterocycles. The second kappa shape index (κ2) is 17.8. The topological polar surface area (TPSA) is 75.6 Å². The SMILES string of the molecule is CC.CCC.CCCC[C@H](/C=C/CNC(=O)OC(C)(C)C)C(=O)O. The van der Waals surface area contributed by atoms with E-state index in [0.29, 0.717) is 6.42 Å². The molecule has 0 aliphatic heterocycles. The molecule has 0 saturated carbocycles. The highest BCUT2D eigenvalue weighted by Crippen LogP contribution is 2.10. The van der Waals surface area contributed by atoms with Crippen molar-refractivity contribution in [1.82, 2.24) is 5.32 Å². The predicted molar refractivity (Wildman–Crippen MR) is 101 cm³/mol. The van der Waals surface area contributed by atoms with E-state index in [9.17, 15) is 9.59 Å². The zero-order chi connectivity index (χ0) is 19.6. The Morgan fingerprint density at radius 3 is 2.04 bits per heavy atom. The average Bonchev–Trinajstić information content (AvgIpc) is 2.47. The van der Waals surface area contributed by atoms with Gasteiger partial charge in [-0.05, 0) is 27.2 Å². The summed E-state index contributed by atoms with van der Waals surface area (Å²) < 4.78 is 5.06. The maximum atomic E-state index is 11.3. The molecule has 5 nitrogen and oxygen atoms in total. The van der Waals surface area contributed by atoms with Crippen molar-refractivity contribution in [2.75, 3.05) is 6.54 Å². The molecule has 0 aliphatic rings. The van der Waals surface area contributed by atoms with E-state index in [2.05, 4.69) is 19.2 Å². The lowest BCUT2D eigenvalue weighted by molar-refractivity contribution is -0.140. The number of alkyl carbamates (subject to hydrolysis) is 1. The van der Waals surface area contributed by atoms with Crippen LogP contribution < -0.4 is 5.32 Å². The van der Waals surface area contributed by atoms with Gasteiger partial charge in [0.15, 0.2) is 0 Å². The van der Waals surface area contributed by atoms with Gasteiger partial charge in [-0.3, -0.25) is 4.79 Å². The molecule has 24 heavy (non-hydrogen) atoms. The fourth-order valence-electron chi connectivity index (χ4n) is 1.41. The molecule has 0 aromatic carbocycles. The highest BCUT2D eigenvalue weighted by Gasteiger charge is 2.15. The summed E-state index contributed by atoms with van der Waals surface area (Å²) in [6.45, 7) is 15.9. The monoisotopic (exact) mass is 345 g/mol. The Morgan fingerprint density at radius 1 is 1.17 bits per heavy atom. The van der Waals surface area contributed by atoms with E-state index in [-0.39, 0.29) is 6.54 Å². The Bertz CT molecular complexity index is 333. The van der Waals surface area contributed by atoms with Crippen LogP contribution in [0.3, 0.4) is 0 Å². The number of carbonyl (C=O) groups is 2.